The van der Waals surface area contributed by atoms with Crippen molar-refractivity contribution in [2.45, 2.75) is 63.8 Å². The maximum Gasteiger partial charge on any atom is 0.224 e. The molecule has 3 rings (SSSR count). The number of likely N-dealkylation sites (tertiary alicyclic amines) is 2. The zero-order valence-corrected chi connectivity index (χ0v) is 15.2. The third-order valence-electron chi connectivity index (χ3n) is 5.57. The van der Waals surface area contributed by atoms with Gasteiger partial charge in [-0.25, -0.2) is 0 Å². The van der Waals surface area contributed by atoms with Gasteiger partial charge in [0.25, 0.3) is 0 Å². The van der Waals surface area contributed by atoms with Crippen LogP contribution >= 0.6 is 0 Å². The van der Waals surface area contributed by atoms with E-state index in [-0.39, 0.29) is 11.8 Å². The first-order chi connectivity index (χ1) is 12.2. The summed E-state index contributed by atoms with van der Waals surface area (Å²) in [5.41, 5.74) is 1.35. The smallest absolute Gasteiger partial charge is 0.224 e. The van der Waals surface area contributed by atoms with E-state index in [0.717, 1.165) is 51.6 Å². The predicted octanol–water partition coefficient (Wildman–Crippen LogP) is 3.40. The Kier molecular flexibility index (Phi) is 6.48. The molecule has 0 aliphatic carbocycles. The van der Waals surface area contributed by atoms with Crippen LogP contribution in [0.1, 0.15) is 56.9 Å². The molecule has 2 amide bonds. The van der Waals surface area contributed by atoms with E-state index in [2.05, 4.69) is 29.2 Å². The molecule has 1 aromatic carbocycles. The molecule has 0 bridgehead atoms. The third kappa shape index (κ3) is 5.07. The van der Waals surface area contributed by atoms with Crippen LogP contribution < -0.4 is 0 Å². The van der Waals surface area contributed by atoms with Crippen molar-refractivity contribution < 1.29 is 9.59 Å². The number of carbonyl (C=O) groups excluding carboxylic acids is 2. The van der Waals surface area contributed by atoms with Crippen LogP contribution in [0.15, 0.2) is 30.3 Å². The molecule has 2 aliphatic rings. The standard InChI is InChI=1S/C21H30N2O2/c24-20-11-5-6-15-22(20)17-14-21(25)23-16-7-4-10-19(23)13-12-18-8-2-1-3-9-18/h1-3,8-9,19H,4-7,10-17H2. The molecule has 0 aromatic heterocycles. The molecular weight excluding hydrogens is 312 g/mol. The van der Waals surface area contributed by atoms with Crippen molar-refractivity contribution in [1.29, 1.82) is 0 Å². The summed E-state index contributed by atoms with van der Waals surface area (Å²) in [7, 11) is 0. The van der Waals surface area contributed by atoms with E-state index in [9.17, 15) is 9.59 Å². The normalized spacial score (nSPS) is 21.4. The van der Waals surface area contributed by atoms with Gasteiger partial charge in [0.1, 0.15) is 0 Å². The number of hydrogen-bond acceptors (Lipinski definition) is 2. The Morgan fingerprint density at radius 1 is 1.04 bits per heavy atom. The summed E-state index contributed by atoms with van der Waals surface area (Å²) < 4.78 is 0. The second-order valence-corrected chi connectivity index (χ2v) is 7.35. The number of carbonyl (C=O) groups is 2. The van der Waals surface area contributed by atoms with Gasteiger partial charge in [-0.2, -0.15) is 0 Å². The number of amides is 2. The van der Waals surface area contributed by atoms with E-state index in [1.54, 1.807) is 0 Å². The molecule has 1 unspecified atom stereocenters. The van der Waals surface area contributed by atoms with Gasteiger partial charge in [0, 0.05) is 38.5 Å². The Bertz CT molecular complexity index is 573. The van der Waals surface area contributed by atoms with Gasteiger partial charge in [-0.05, 0) is 50.5 Å². The van der Waals surface area contributed by atoms with Crippen molar-refractivity contribution in [3.63, 3.8) is 0 Å². The average Bonchev–Trinajstić information content (AvgIpc) is 2.66. The average molecular weight is 342 g/mol. The van der Waals surface area contributed by atoms with E-state index in [0.29, 0.717) is 25.4 Å². The molecule has 136 valence electrons. The first kappa shape index (κ1) is 18.0. The highest BCUT2D eigenvalue weighted by Gasteiger charge is 2.27. The van der Waals surface area contributed by atoms with E-state index in [1.165, 1.54) is 12.0 Å². The summed E-state index contributed by atoms with van der Waals surface area (Å²) in [4.78, 5) is 28.6. The number of aryl methyl sites for hydroxylation is 1. The van der Waals surface area contributed by atoms with Crippen molar-refractivity contribution in [2.75, 3.05) is 19.6 Å². The fraction of sp³-hybridized carbons (Fsp3) is 0.619. The van der Waals surface area contributed by atoms with Gasteiger partial charge < -0.3 is 9.80 Å². The monoisotopic (exact) mass is 342 g/mol. The lowest BCUT2D eigenvalue weighted by atomic mass is 9.95. The van der Waals surface area contributed by atoms with Crippen LogP contribution in [0, 0.1) is 0 Å². The van der Waals surface area contributed by atoms with Crippen LogP contribution in [0.2, 0.25) is 0 Å². The number of hydrogen-bond donors (Lipinski definition) is 0. The van der Waals surface area contributed by atoms with Crippen LogP contribution in [0.25, 0.3) is 0 Å². The Hall–Kier alpha value is -1.84. The van der Waals surface area contributed by atoms with Gasteiger partial charge >= 0.3 is 0 Å². The quantitative estimate of drug-likeness (QED) is 0.795. The highest BCUT2D eigenvalue weighted by atomic mass is 16.2. The number of rotatable bonds is 6. The summed E-state index contributed by atoms with van der Waals surface area (Å²) >= 11 is 0. The summed E-state index contributed by atoms with van der Waals surface area (Å²) in [6.45, 7) is 2.30. The second kappa shape index (κ2) is 9.02. The fourth-order valence-electron chi connectivity index (χ4n) is 4.08. The highest BCUT2D eigenvalue weighted by Crippen LogP contribution is 2.22. The molecule has 0 radical (unpaired) electrons. The molecule has 2 saturated heterocycles. The van der Waals surface area contributed by atoms with Crippen LogP contribution in [0.3, 0.4) is 0 Å². The topological polar surface area (TPSA) is 40.6 Å². The molecule has 2 aliphatic heterocycles. The molecule has 0 saturated carbocycles. The number of benzene rings is 1. The van der Waals surface area contributed by atoms with E-state index < -0.39 is 0 Å². The second-order valence-electron chi connectivity index (χ2n) is 7.35. The Morgan fingerprint density at radius 2 is 1.84 bits per heavy atom. The zero-order valence-electron chi connectivity index (χ0n) is 15.2. The van der Waals surface area contributed by atoms with Crippen LogP contribution in [0.4, 0.5) is 0 Å². The zero-order chi connectivity index (χ0) is 17.5. The molecule has 2 fully saturated rings. The SMILES string of the molecule is O=C1CCCCN1CCC(=O)N1CCCCC1CCc1ccccc1. The van der Waals surface area contributed by atoms with Gasteiger partial charge in [-0.3, -0.25) is 9.59 Å². The summed E-state index contributed by atoms with van der Waals surface area (Å²) in [5.74, 6) is 0.453. The Balaban J connectivity index is 1.50. The molecule has 1 aromatic rings. The summed E-state index contributed by atoms with van der Waals surface area (Å²) in [6, 6.07) is 10.9. The first-order valence-electron chi connectivity index (χ1n) is 9.85. The molecule has 0 N–H and O–H groups in total. The summed E-state index contributed by atoms with van der Waals surface area (Å²) in [6.07, 6.45) is 8.70. The van der Waals surface area contributed by atoms with Crippen molar-refractivity contribution in [1.82, 2.24) is 9.80 Å². The molecule has 4 heteroatoms. The Morgan fingerprint density at radius 3 is 2.64 bits per heavy atom. The van der Waals surface area contributed by atoms with Gasteiger partial charge in [0.05, 0.1) is 0 Å². The van der Waals surface area contributed by atoms with Gasteiger partial charge in [-0.15, -0.1) is 0 Å². The van der Waals surface area contributed by atoms with E-state index in [4.69, 9.17) is 0 Å². The van der Waals surface area contributed by atoms with Gasteiger partial charge in [-0.1, -0.05) is 30.3 Å². The Labute approximate surface area is 151 Å². The van der Waals surface area contributed by atoms with Gasteiger partial charge in [0.15, 0.2) is 0 Å². The maximum absolute atomic E-state index is 12.8. The molecule has 1 atom stereocenters. The maximum atomic E-state index is 12.8. The molecular formula is C21H30N2O2. The van der Waals surface area contributed by atoms with Crippen molar-refractivity contribution in [3.8, 4) is 0 Å². The molecule has 2 heterocycles. The third-order valence-corrected chi connectivity index (χ3v) is 5.57. The van der Waals surface area contributed by atoms with E-state index >= 15 is 0 Å². The van der Waals surface area contributed by atoms with Crippen molar-refractivity contribution in [2.24, 2.45) is 0 Å². The molecule has 0 spiro atoms. The molecule has 4 nitrogen and oxygen atoms in total. The number of nitrogens with zero attached hydrogens (tertiary/aromatic N) is 2. The van der Waals surface area contributed by atoms with Crippen LogP contribution in [0.5, 0.6) is 0 Å². The minimum absolute atomic E-state index is 0.221. The minimum atomic E-state index is 0.221. The van der Waals surface area contributed by atoms with Crippen molar-refractivity contribution >= 4 is 11.8 Å². The highest BCUT2D eigenvalue weighted by molar-refractivity contribution is 5.79. The first-order valence-corrected chi connectivity index (χ1v) is 9.85. The largest absolute Gasteiger partial charge is 0.342 e. The van der Waals surface area contributed by atoms with Crippen LogP contribution in [-0.4, -0.2) is 47.3 Å². The molecule has 25 heavy (non-hydrogen) atoms. The van der Waals surface area contributed by atoms with Crippen LogP contribution in [-0.2, 0) is 16.0 Å². The predicted molar refractivity (Wildman–Crippen MR) is 99.2 cm³/mol. The fourth-order valence-corrected chi connectivity index (χ4v) is 4.08. The lowest BCUT2D eigenvalue weighted by Crippen LogP contribution is -2.45. The van der Waals surface area contributed by atoms with E-state index in [1.807, 2.05) is 11.0 Å². The lowest BCUT2D eigenvalue weighted by molar-refractivity contribution is -0.137. The van der Waals surface area contributed by atoms with Gasteiger partial charge in [0.2, 0.25) is 11.8 Å². The summed E-state index contributed by atoms with van der Waals surface area (Å²) in [5, 5.41) is 0. The lowest BCUT2D eigenvalue weighted by Gasteiger charge is -2.37. The number of piperidine rings is 2. The van der Waals surface area contributed by atoms with Crippen molar-refractivity contribution in [3.05, 3.63) is 35.9 Å². The minimum Gasteiger partial charge on any atom is -0.342 e.